The summed E-state index contributed by atoms with van der Waals surface area (Å²) in [6.07, 6.45) is -0.716. The lowest BCUT2D eigenvalue weighted by Crippen LogP contribution is -2.28. The van der Waals surface area contributed by atoms with Crippen LogP contribution < -0.4 is 10.9 Å². The number of aromatic nitrogens is 2. The summed E-state index contributed by atoms with van der Waals surface area (Å²) in [6.45, 7) is 1.71. The fourth-order valence-corrected chi connectivity index (χ4v) is 3.73. The lowest BCUT2D eigenvalue weighted by atomic mass is 10.2. The van der Waals surface area contributed by atoms with Crippen LogP contribution in [0.3, 0.4) is 0 Å². The Morgan fingerprint density at radius 1 is 1.30 bits per heavy atom. The van der Waals surface area contributed by atoms with Crippen LogP contribution in [-0.2, 0) is 11.3 Å². The van der Waals surface area contributed by atoms with Crippen LogP contribution >= 0.6 is 27.7 Å². The summed E-state index contributed by atoms with van der Waals surface area (Å²) in [4.78, 5) is 29.6. The van der Waals surface area contributed by atoms with Crippen LogP contribution in [0.4, 0.5) is 5.69 Å². The molecule has 2 N–H and O–H groups in total. The van der Waals surface area contributed by atoms with E-state index < -0.39 is 6.10 Å². The third-order valence-corrected chi connectivity index (χ3v) is 5.19. The minimum Gasteiger partial charge on any atom is -0.392 e. The summed E-state index contributed by atoms with van der Waals surface area (Å²) in [5.74, 6) is -0.0941. The number of fused-ring (bicyclic) bond motifs is 1. The number of amides is 1. The molecule has 1 amide bonds. The Morgan fingerprint density at radius 3 is 2.74 bits per heavy atom. The van der Waals surface area contributed by atoms with Gasteiger partial charge in [0, 0.05) is 10.2 Å². The Labute approximate surface area is 168 Å². The molecule has 140 valence electrons. The summed E-state index contributed by atoms with van der Waals surface area (Å²) >= 11 is 4.52. The van der Waals surface area contributed by atoms with Gasteiger partial charge in [0.15, 0.2) is 5.16 Å². The number of thioether (sulfide) groups is 1. The van der Waals surface area contributed by atoms with Gasteiger partial charge in [-0.2, -0.15) is 0 Å². The van der Waals surface area contributed by atoms with Crippen molar-refractivity contribution in [2.75, 3.05) is 11.1 Å². The highest BCUT2D eigenvalue weighted by Crippen LogP contribution is 2.21. The van der Waals surface area contributed by atoms with Crippen LogP contribution in [-0.4, -0.2) is 32.4 Å². The molecule has 0 aliphatic carbocycles. The van der Waals surface area contributed by atoms with Crippen molar-refractivity contribution in [1.82, 2.24) is 9.55 Å². The van der Waals surface area contributed by atoms with Crippen molar-refractivity contribution in [3.63, 3.8) is 0 Å². The Bertz CT molecular complexity index is 1020. The zero-order valence-corrected chi connectivity index (χ0v) is 17.0. The van der Waals surface area contributed by atoms with Gasteiger partial charge in [-0.05, 0) is 37.3 Å². The van der Waals surface area contributed by atoms with Crippen LogP contribution in [0.15, 0.2) is 63.0 Å². The first-order valence-corrected chi connectivity index (χ1v) is 10.1. The smallest absolute Gasteiger partial charge is 0.262 e. The molecule has 1 atom stereocenters. The molecule has 0 aliphatic heterocycles. The molecule has 27 heavy (non-hydrogen) atoms. The first-order valence-electron chi connectivity index (χ1n) is 8.30. The zero-order valence-electron chi connectivity index (χ0n) is 14.6. The zero-order chi connectivity index (χ0) is 19.4. The van der Waals surface area contributed by atoms with Crippen LogP contribution in [0.25, 0.3) is 10.9 Å². The Hall–Kier alpha value is -2.16. The van der Waals surface area contributed by atoms with Gasteiger partial charge in [-0.25, -0.2) is 4.98 Å². The van der Waals surface area contributed by atoms with Gasteiger partial charge in [0.25, 0.3) is 5.56 Å². The lowest BCUT2D eigenvalue weighted by molar-refractivity contribution is -0.113. The number of carbonyl (C=O) groups excluding carboxylic acids is 1. The molecular formula is C19H18BrN3O3S. The second-order valence-electron chi connectivity index (χ2n) is 6.02. The van der Waals surface area contributed by atoms with Gasteiger partial charge < -0.3 is 10.4 Å². The first kappa shape index (κ1) is 19.6. The van der Waals surface area contributed by atoms with Crippen molar-refractivity contribution in [3.8, 4) is 0 Å². The maximum absolute atomic E-state index is 12.8. The van der Waals surface area contributed by atoms with E-state index in [4.69, 9.17) is 0 Å². The molecule has 1 heterocycles. The highest BCUT2D eigenvalue weighted by Gasteiger charge is 2.15. The lowest BCUT2D eigenvalue weighted by Gasteiger charge is -2.14. The molecular weight excluding hydrogens is 430 g/mol. The summed E-state index contributed by atoms with van der Waals surface area (Å²) in [7, 11) is 0. The van der Waals surface area contributed by atoms with Crippen LogP contribution in [0.5, 0.6) is 0 Å². The molecule has 6 nitrogen and oxygen atoms in total. The van der Waals surface area contributed by atoms with Crippen molar-refractivity contribution in [2.45, 2.75) is 24.7 Å². The minimum absolute atomic E-state index is 0.100. The topological polar surface area (TPSA) is 84.2 Å². The molecule has 0 saturated heterocycles. The first-order chi connectivity index (χ1) is 12.9. The second kappa shape index (κ2) is 8.69. The van der Waals surface area contributed by atoms with Gasteiger partial charge in [0.1, 0.15) is 0 Å². The van der Waals surface area contributed by atoms with E-state index in [0.717, 1.165) is 4.47 Å². The number of benzene rings is 2. The number of halogens is 1. The normalized spacial score (nSPS) is 12.1. The molecule has 0 fully saturated rings. The number of hydrogen-bond donors (Lipinski definition) is 2. The fraction of sp³-hybridized carbons (Fsp3) is 0.211. The molecule has 0 aliphatic rings. The highest BCUT2D eigenvalue weighted by molar-refractivity contribution is 9.10. The van der Waals surface area contributed by atoms with E-state index in [1.165, 1.54) is 16.3 Å². The number of nitrogens with zero attached hydrogens (tertiary/aromatic N) is 2. The number of hydrogen-bond acceptors (Lipinski definition) is 5. The van der Waals surface area contributed by atoms with Crippen molar-refractivity contribution in [3.05, 3.63) is 63.4 Å². The van der Waals surface area contributed by atoms with E-state index in [1.807, 2.05) is 24.3 Å². The number of aliphatic hydroxyl groups excluding tert-OH is 1. The third-order valence-electron chi connectivity index (χ3n) is 3.72. The average Bonchev–Trinajstić information content (AvgIpc) is 2.64. The van der Waals surface area contributed by atoms with E-state index in [1.54, 1.807) is 31.2 Å². The summed E-state index contributed by atoms with van der Waals surface area (Å²) in [5, 5.41) is 13.4. The molecule has 2 aromatic carbocycles. The maximum atomic E-state index is 12.8. The Balaban J connectivity index is 1.87. The number of para-hydroxylation sites is 1. The van der Waals surface area contributed by atoms with Crippen LogP contribution in [0.1, 0.15) is 6.92 Å². The van der Waals surface area contributed by atoms with Gasteiger partial charge in [0.2, 0.25) is 5.91 Å². The Morgan fingerprint density at radius 2 is 2.04 bits per heavy atom. The second-order valence-corrected chi connectivity index (χ2v) is 7.88. The molecule has 0 spiro atoms. The predicted octanol–water partition coefficient (Wildman–Crippen LogP) is 3.27. The van der Waals surface area contributed by atoms with Gasteiger partial charge in [-0.1, -0.05) is 45.9 Å². The Kier molecular flexibility index (Phi) is 6.30. The summed E-state index contributed by atoms with van der Waals surface area (Å²) in [5.41, 5.74) is 1.02. The van der Waals surface area contributed by atoms with Crippen molar-refractivity contribution in [1.29, 1.82) is 0 Å². The van der Waals surface area contributed by atoms with Gasteiger partial charge >= 0.3 is 0 Å². The van der Waals surface area contributed by atoms with Gasteiger partial charge in [0.05, 0.1) is 29.3 Å². The number of nitrogens with one attached hydrogen (secondary N) is 1. The third kappa shape index (κ3) is 4.97. The standard InChI is InChI=1S/C19H18BrN3O3S/c1-12(24)10-23-18(26)15-9-13(20)7-8-16(15)22-19(23)27-11-17(25)21-14-5-3-2-4-6-14/h2-9,12,24H,10-11H2,1H3,(H,21,25). The SMILES string of the molecule is CC(O)Cn1c(SCC(=O)Nc2ccccc2)nc2ccc(Br)cc2c1=O. The summed E-state index contributed by atoms with van der Waals surface area (Å²) in [6, 6.07) is 14.4. The van der Waals surface area contributed by atoms with E-state index in [9.17, 15) is 14.7 Å². The average molecular weight is 448 g/mol. The summed E-state index contributed by atoms with van der Waals surface area (Å²) < 4.78 is 2.19. The number of carbonyl (C=O) groups is 1. The van der Waals surface area contributed by atoms with E-state index >= 15 is 0 Å². The van der Waals surface area contributed by atoms with Crippen molar-refractivity contribution < 1.29 is 9.90 Å². The molecule has 0 radical (unpaired) electrons. The molecule has 0 saturated carbocycles. The van der Waals surface area contributed by atoms with Crippen LogP contribution in [0.2, 0.25) is 0 Å². The minimum atomic E-state index is -0.716. The fourth-order valence-electron chi connectivity index (χ4n) is 2.56. The number of aliphatic hydroxyl groups is 1. The van der Waals surface area contributed by atoms with Gasteiger partial charge in [-0.15, -0.1) is 0 Å². The van der Waals surface area contributed by atoms with Gasteiger partial charge in [-0.3, -0.25) is 14.2 Å². The molecule has 0 bridgehead atoms. The molecule has 1 unspecified atom stereocenters. The van der Waals surface area contributed by atoms with Crippen molar-refractivity contribution in [2.24, 2.45) is 0 Å². The van der Waals surface area contributed by atoms with E-state index in [2.05, 4.69) is 26.2 Å². The monoisotopic (exact) mass is 447 g/mol. The molecule has 3 aromatic rings. The largest absolute Gasteiger partial charge is 0.392 e. The van der Waals surface area contributed by atoms with E-state index in [0.29, 0.717) is 21.7 Å². The molecule has 1 aromatic heterocycles. The quantitative estimate of drug-likeness (QED) is 0.447. The van der Waals surface area contributed by atoms with E-state index in [-0.39, 0.29) is 23.8 Å². The number of anilines is 1. The van der Waals surface area contributed by atoms with Crippen LogP contribution in [0, 0.1) is 0 Å². The number of rotatable bonds is 6. The molecule has 8 heteroatoms. The predicted molar refractivity (Wildman–Crippen MR) is 111 cm³/mol. The maximum Gasteiger partial charge on any atom is 0.262 e. The highest BCUT2D eigenvalue weighted by atomic mass is 79.9. The molecule has 3 rings (SSSR count). The van der Waals surface area contributed by atoms with Crippen molar-refractivity contribution >= 4 is 50.2 Å².